The second-order valence-corrected chi connectivity index (χ2v) is 17.1. The number of rotatable bonds is 9. The van der Waals surface area contributed by atoms with Crippen molar-refractivity contribution in [1.29, 1.82) is 0 Å². The molecule has 3 aliphatic rings. The number of aromatic nitrogens is 8. The van der Waals surface area contributed by atoms with Crippen LogP contribution < -0.4 is 15.4 Å². The maximum Gasteiger partial charge on any atom is 0.475 e. The van der Waals surface area contributed by atoms with Crippen LogP contribution in [0.1, 0.15) is 39.6 Å². The van der Waals surface area contributed by atoms with Gasteiger partial charge in [0.25, 0.3) is 11.8 Å². The normalized spacial score (nSPS) is 27.1. The monoisotopic (exact) mass is 904 g/mol. The number of carbonyl (C=O) groups is 2. The van der Waals surface area contributed by atoms with E-state index in [0.29, 0.717) is 11.1 Å². The second-order valence-electron chi connectivity index (χ2n) is 14.1. The number of imidazole rings is 2. The predicted octanol–water partition coefficient (Wildman–Crippen LogP) is 3.37. The Morgan fingerprint density at radius 2 is 1.46 bits per heavy atom. The zero-order valence-electron chi connectivity index (χ0n) is 32.4. The second kappa shape index (κ2) is 17.5. The number of benzene rings is 2. The van der Waals surface area contributed by atoms with Crippen LogP contribution >= 0.6 is 7.82 Å². The molecule has 326 valence electrons. The number of nitrogens with one attached hydrogen (secondary N) is 3. The molecule has 2 amide bonds. The first-order valence-corrected chi connectivity index (χ1v) is 22.0. The summed E-state index contributed by atoms with van der Waals surface area (Å²) in [4.78, 5) is 54.7. The molecular weight excluding hydrogens is 871 g/mol. The molecule has 6 aromatic rings. The van der Waals surface area contributed by atoms with Crippen molar-refractivity contribution in [3.05, 3.63) is 109 Å². The van der Waals surface area contributed by atoms with E-state index >= 15 is 4.39 Å². The van der Waals surface area contributed by atoms with E-state index in [0.717, 1.165) is 6.33 Å². The Labute approximate surface area is 356 Å². The maximum absolute atomic E-state index is 16.4. The SMILES string of the molecule is [C-]#[N+]CCOP1(=O)OC[C@H]2O[C@@H](n3cnc4c(NC(=O)c5ccccc5)ncnc43)[C@H](OS(=O)(=O)NC[C@H]3O[C@@H](n4cnc5c(NC(=O)c6ccccc6)ncnc54)C[C@@H]3O1)[C@@H]2F. The lowest BCUT2D eigenvalue weighted by molar-refractivity contribution is -0.0524. The molecule has 63 heavy (non-hydrogen) atoms. The van der Waals surface area contributed by atoms with Crippen LogP contribution in [0.25, 0.3) is 27.2 Å². The van der Waals surface area contributed by atoms with Gasteiger partial charge in [-0.05, 0) is 24.3 Å². The number of halogens is 1. The van der Waals surface area contributed by atoms with Crippen LogP contribution in [0, 0.1) is 6.57 Å². The van der Waals surface area contributed by atoms with Gasteiger partial charge in [0, 0.05) is 24.1 Å². The number of hydrogen-bond donors (Lipinski definition) is 3. The topological polar surface area (TPSA) is 268 Å². The summed E-state index contributed by atoms with van der Waals surface area (Å²) in [5.74, 6) is -0.836. The van der Waals surface area contributed by atoms with Crippen LogP contribution in [0.4, 0.5) is 16.0 Å². The average molecular weight is 905 g/mol. The van der Waals surface area contributed by atoms with Gasteiger partial charge in [-0.15, -0.1) is 0 Å². The minimum Gasteiger partial charge on any atom is -0.351 e. The van der Waals surface area contributed by atoms with E-state index in [-0.39, 0.29) is 46.9 Å². The van der Waals surface area contributed by atoms with E-state index < -0.39 is 92.7 Å². The van der Waals surface area contributed by atoms with Crippen LogP contribution in [0.3, 0.4) is 0 Å². The highest BCUT2D eigenvalue weighted by Crippen LogP contribution is 2.54. The Bertz CT molecular complexity index is 2870. The molecule has 8 atom stereocenters. The number of ether oxygens (including phenoxy) is 2. The zero-order chi connectivity index (χ0) is 43.7. The molecule has 9 rings (SSSR count). The van der Waals surface area contributed by atoms with Crippen LogP contribution in [0.2, 0.25) is 0 Å². The summed E-state index contributed by atoms with van der Waals surface area (Å²) in [6, 6.07) is 16.8. The van der Waals surface area contributed by atoms with Crippen molar-refractivity contribution in [2.75, 3.05) is 36.9 Å². The van der Waals surface area contributed by atoms with E-state index in [1.54, 1.807) is 60.7 Å². The fraction of sp³-hybridized carbons (Fsp3) is 0.324. The van der Waals surface area contributed by atoms with Gasteiger partial charge in [-0.3, -0.25) is 32.3 Å². The molecule has 4 aromatic heterocycles. The maximum atomic E-state index is 16.4. The van der Waals surface area contributed by atoms with Gasteiger partial charge in [-0.2, -0.15) is 13.1 Å². The molecule has 3 fully saturated rings. The fourth-order valence-electron chi connectivity index (χ4n) is 7.13. The van der Waals surface area contributed by atoms with Crippen molar-refractivity contribution >= 4 is 63.9 Å². The molecule has 0 aliphatic carbocycles. The molecule has 3 N–H and O–H groups in total. The van der Waals surface area contributed by atoms with Gasteiger partial charge in [-0.1, -0.05) is 36.4 Å². The highest BCUT2D eigenvalue weighted by atomic mass is 32.2. The number of hydrogen-bond acceptors (Lipinski definition) is 17. The van der Waals surface area contributed by atoms with Crippen LogP contribution in [0.5, 0.6) is 0 Å². The molecule has 0 radical (unpaired) electrons. The molecule has 26 heteroatoms. The van der Waals surface area contributed by atoms with Crippen LogP contribution in [-0.2, 0) is 42.1 Å². The Kier molecular flexibility index (Phi) is 11.7. The first kappa shape index (κ1) is 42.1. The highest BCUT2D eigenvalue weighted by Gasteiger charge is 2.52. The summed E-state index contributed by atoms with van der Waals surface area (Å²) in [5.41, 5.74) is 1.21. The van der Waals surface area contributed by atoms with E-state index in [4.69, 9.17) is 33.8 Å². The summed E-state index contributed by atoms with van der Waals surface area (Å²) < 4.78 is 97.9. The van der Waals surface area contributed by atoms with Crippen LogP contribution in [-0.4, -0.2) is 116 Å². The third-order valence-electron chi connectivity index (χ3n) is 10.1. The standard InChI is InChI=1S/C37H34FN12O11PS/c1-39-12-13-56-62(53)57-16-25-27(38)30(37(59-25)50-20-45-29-32(41-18-43-34(29)50)48-36(52)22-10-6-3-7-11-22)61-63(54,55)46-15-24-23(60-62)14-26(58-24)49-19-44-28-31(40-17-42-33(28)49)47-35(51)21-8-4-2-5-9-21/h2-11,17-20,23-27,30,37,46H,12-16H2,(H,40,42,47,51)(H,41,43,48,52)/t23-,24+,25+,26+,27+,30+,37+,62?/m0/s1. The van der Waals surface area contributed by atoms with Gasteiger partial charge in [-0.25, -0.2) is 49.6 Å². The third kappa shape index (κ3) is 8.76. The van der Waals surface area contributed by atoms with Crippen LogP contribution in [0.15, 0.2) is 86.0 Å². The van der Waals surface area contributed by atoms with E-state index in [1.807, 2.05) is 0 Å². The Balaban J connectivity index is 0.988. The molecule has 0 saturated carbocycles. The largest absolute Gasteiger partial charge is 0.475 e. The summed E-state index contributed by atoms with van der Waals surface area (Å²) in [5, 5.41) is 5.38. The molecule has 23 nitrogen and oxygen atoms in total. The molecule has 2 aromatic carbocycles. The first-order chi connectivity index (χ1) is 30.5. The molecule has 1 unspecified atom stereocenters. The number of amides is 2. The minimum atomic E-state index is -4.84. The van der Waals surface area contributed by atoms with Gasteiger partial charge in [0.2, 0.25) is 6.54 Å². The minimum absolute atomic E-state index is 0.00153. The molecule has 3 aliphatic heterocycles. The highest BCUT2D eigenvalue weighted by molar-refractivity contribution is 7.84. The van der Waals surface area contributed by atoms with E-state index in [1.165, 1.54) is 28.1 Å². The zero-order valence-corrected chi connectivity index (χ0v) is 34.1. The van der Waals surface area contributed by atoms with Crippen molar-refractivity contribution < 1.29 is 54.2 Å². The van der Waals surface area contributed by atoms with Gasteiger partial charge in [0.1, 0.15) is 43.8 Å². The van der Waals surface area contributed by atoms with Crippen molar-refractivity contribution in [3.8, 4) is 0 Å². The molecular formula is C37H34FN12O11PS. The molecule has 3 saturated heterocycles. The number of nitrogens with zero attached hydrogens (tertiary/aromatic N) is 9. The average Bonchev–Trinajstić information content (AvgIpc) is 4.08. The lowest BCUT2D eigenvalue weighted by atomic mass is 10.1. The first-order valence-electron chi connectivity index (χ1n) is 19.1. The Morgan fingerprint density at radius 1 is 0.857 bits per heavy atom. The van der Waals surface area contributed by atoms with Crippen molar-refractivity contribution in [2.45, 2.75) is 49.5 Å². The smallest absolute Gasteiger partial charge is 0.351 e. The van der Waals surface area contributed by atoms with Gasteiger partial charge < -0.3 is 25.0 Å². The molecule has 2 bridgehead atoms. The number of carbonyl (C=O) groups excluding carboxylic acids is 2. The lowest BCUT2D eigenvalue weighted by Gasteiger charge is -2.25. The van der Waals surface area contributed by atoms with E-state index in [9.17, 15) is 22.6 Å². The number of phosphoric ester groups is 1. The summed E-state index contributed by atoms with van der Waals surface area (Å²) in [6.07, 6.45) is -5.98. The summed E-state index contributed by atoms with van der Waals surface area (Å²) in [7, 11) is -9.54. The summed E-state index contributed by atoms with van der Waals surface area (Å²) >= 11 is 0. The van der Waals surface area contributed by atoms with Gasteiger partial charge in [0.05, 0.1) is 19.3 Å². The summed E-state index contributed by atoms with van der Waals surface area (Å²) in [6.45, 7) is 5.18. The van der Waals surface area contributed by atoms with Gasteiger partial charge in [0.15, 0.2) is 52.5 Å². The lowest BCUT2D eigenvalue weighted by Crippen LogP contribution is -2.42. The quantitative estimate of drug-likeness (QED) is 0.107. The number of fused-ring (bicyclic) bond motifs is 5. The number of alkyl halides is 1. The molecule has 0 spiro atoms. The van der Waals surface area contributed by atoms with Gasteiger partial charge >= 0.3 is 18.1 Å². The molecule has 7 heterocycles. The van der Waals surface area contributed by atoms with Crippen molar-refractivity contribution in [2.24, 2.45) is 0 Å². The Morgan fingerprint density at radius 3 is 2.08 bits per heavy atom. The predicted molar refractivity (Wildman–Crippen MR) is 214 cm³/mol. The fourth-order valence-corrected chi connectivity index (χ4v) is 9.45. The van der Waals surface area contributed by atoms with E-state index in [2.05, 4.69) is 50.1 Å². The third-order valence-corrected chi connectivity index (χ3v) is 12.6. The van der Waals surface area contributed by atoms with Crippen molar-refractivity contribution in [3.63, 3.8) is 0 Å². The number of anilines is 2. The number of phosphoric acid groups is 1. The van der Waals surface area contributed by atoms with Crippen molar-refractivity contribution in [1.82, 2.24) is 43.8 Å². The Hall–Kier alpha value is -6.20.